The zero-order valence-electron chi connectivity index (χ0n) is 12.9. The molecule has 1 aliphatic rings. The first kappa shape index (κ1) is 16.4. The summed E-state index contributed by atoms with van der Waals surface area (Å²) in [7, 11) is -1.49. The third kappa shape index (κ3) is 3.45. The molecule has 0 amide bonds. The average Bonchev–Trinajstić information content (AvgIpc) is 2.44. The second kappa shape index (κ2) is 6.44. The van der Waals surface area contributed by atoms with Crippen molar-refractivity contribution in [1.82, 2.24) is 9.21 Å². The van der Waals surface area contributed by atoms with Crippen molar-refractivity contribution in [2.45, 2.75) is 31.2 Å². The van der Waals surface area contributed by atoms with Crippen LogP contribution in [0.25, 0.3) is 0 Å². The Kier molecular flexibility index (Phi) is 5.03. The van der Waals surface area contributed by atoms with Gasteiger partial charge in [0.25, 0.3) is 0 Å². The highest BCUT2D eigenvalue weighted by Gasteiger charge is 2.33. The molecule has 1 atom stereocenters. The minimum Gasteiger partial charge on any atom is -0.396 e. The van der Waals surface area contributed by atoms with Crippen molar-refractivity contribution >= 4 is 10.0 Å². The van der Waals surface area contributed by atoms with E-state index < -0.39 is 10.0 Å². The van der Waals surface area contributed by atoms with Gasteiger partial charge in [0.05, 0.1) is 4.90 Å². The number of piperazine rings is 1. The van der Waals surface area contributed by atoms with Gasteiger partial charge in [-0.15, -0.1) is 0 Å². The molecular weight excluding hydrogens is 288 g/mol. The van der Waals surface area contributed by atoms with Gasteiger partial charge in [0.2, 0.25) is 10.0 Å². The van der Waals surface area contributed by atoms with Crippen LogP contribution in [0, 0.1) is 13.8 Å². The van der Waals surface area contributed by atoms with E-state index in [1.54, 1.807) is 10.4 Å². The van der Waals surface area contributed by atoms with Crippen LogP contribution in [0.2, 0.25) is 0 Å². The van der Waals surface area contributed by atoms with E-state index in [-0.39, 0.29) is 12.6 Å². The molecule has 1 heterocycles. The van der Waals surface area contributed by atoms with Crippen LogP contribution in [-0.2, 0) is 10.0 Å². The Labute approximate surface area is 127 Å². The topological polar surface area (TPSA) is 60.9 Å². The first-order chi connectivity index (χ1) is 9.86. The maximum Gasteiger partial charge on any atom is 0.243 e. The van der Waals surface area contributed by atoms with Crippen molar-refractivity contribution in [2.24, 2.45) is 0 Å². The minimum atomic E-state index is -3.46. The zero-order chi connectivity index (χ0) is 15.6. The molecule has 0 aromatic heterocycles. The Morgan fingerprint density at radius 2 is 2.00 bits per heavy atom. The Morgan fingerprint density at radius 1 is 1.29 bits per heavy atom. The summed E-state index contributed by atoms with van der Waals surface area (Å²) in [5.41, 5.74) is 1.72. The van der Waals surface area contributed by atoms with E-state index in [0.717, 1.165) is 11.1 Å². The number of aliphatic hydroxyl groups is 1. The predicted molar refractivity (Wildman–Crippen MR) is 82.8 cm³/mol. The molecule has 0 spiro atoms. The second-order valence-corrected chi connectivity index (χ2v) is 7.69. The minimum absolute atomic E-state index is 0.0728. The molecule has 1 fully saturated rings. The van der Waals surface area contributed by atoms with Crippen LogP contribution < -0.4 is 0 Å². The van der Waals surface area contributed by atoms with Gasteiger partial charge in [-0.2, -0.15) is 4.31 Å². The fourth-order valence-electron chi connectivity index (χ4n) is 2.72. The molecule has 21 heavy (non-hydrogen) atoms. The Morgan fingerprint density at radius 3 is 2.67 bits per heavy atom. The summed E-state index contributed by atoms with van der Waals surface area (Å²) >= 11 is 0. The summed E-state index contributed by atoms with van der Waals surface area (Å²) in [5.74, 6) is 0. The molecule has 1 aromatic carbocycles. The molecule has 1 saturated heterocycles. The second-order valence-electron chi connectivity index (χ2n) is 5.78. The molecule has 118 valence electrons. The number of sulfonamides is 1. The smallest absolute Gasteiger partial charge is 0.243 e. The summed E-state index contributed by atoms with van der Waals surface area (Å²) in [6.07, 6.45) is 0.593. The van der Waals surface area contributed by atoms with E-state index in [1.807, 2.05) is 33.0 Å². The van der Waals surface area contributed by atoms with Crippen molar-refractivity contribution < 1.29 is 13.5 Å². The van der Waals surface area contributed by atoms with E-state index in [1.165, 1.54) is 0 Å². The first-order valence-corrected chi connectivity index (χ1v) is 8.68. The van der Waals surface area contributed by atoms with Crippen LogP contribution in [-0.4, -0.2) is 62.1 Å². The van der Waals surface area contributed by atoms with Crippen LogP contribution >= 0.6 is 0 Å². The lowest BCUT2D eigenvalue weighted by molar-refractivity contribution is 0.120. The fraction of sp³-hybridized carbons (Fsp3) is 0.600. The fourth-order valence-corrected chi connectivity index (χ4v) is 4.50. The van der Waals surface area contributed by atoms with Gasteiger partial charge in [-0.1, -0.05) is 12.1 Å². The molecule has 1 N–H and O–H groups in total. The molecule has 1 aromatic rings. The molecule has 0 aliphatic carbocycles. The largest absolute Gasteiger partial charge is 0.396 e. The lowest BCUT2D eigenvalue weighted by Gasteiger charge is -2.38. The number of likely N-dealkylation sites (N-methyl/N-ethyl adjacent to an activating group) is 1. The summed E-state index contributed by atoms with van der Waals surface area (Å²) in [5, 5.41) is 9.13. The quantitative estimate of drug-likeness (QED) is 0.901. The van der Waals surface area contributed by atoms with Gasteiger partial charge >= 0.3 is 0 Å². The molecule has 0 radical (unpaired) electrons. The summed E-state index contributed by atoms with van der Waals surface area (Å²) in [4.78, 5) is 2.51. The SMILES string of the molecule is Cc1ccc(C)c(S(=O)(=O)N2CCN(C)[C@H](CCO)C2)c1. The van der Waals surface area contributed by atoms with Gasteiger partial charge in [-0.05, 0) is 44.5 Å². The van der Waals surface area contributed by atoms with E-state index in [2.05, 4.69) is 4.90 Å². The predicted octanol–water partition coefficient (Wildman–Crippen LogP) is 0.991. The summed E-state index contributed by atoms with van der Waals surface area (Å²) in [6, 6.07) is 5.59. The highest BCUT2D eigenvalue weighted by molar-refractivity contribution is 7.89. The Bertz CT molecular complexity index is 601. The molecule has 0 saturated carbocycles. The third-order valence-corrected chi connectivity index (χ3v) is 6.17. The monoisotopic (exact) mass is 312 g/mol. The maximum absolute atomic E-state index is 12.9. The Hall–Kier alpha value is -0.950. The number of benzene rings is 1. The van der Waals surface area contributed by atoms with Gasteiger partial charge in [0, 0.05) is 32.3 Å². The molecule has 2 rings (SSSR count). The maximum atomic E-state index is 12.9. The van der Waals surface area contributed by atoms with Crippen molar-refractivity contribution in [3.63, 3.8) is 0 Å². The number of hydrogen-bond donors (Lipinski definition) is 1. The van der Waals surface area contributed by atoms with Gasteiger partial charge in [-0.25, -0.2) is 8.42 Å². The van der Waals surface area contributed by atoms with Crippen LogP contribution in [0.15, 0.2) is 23.1 Å². The normalized spacial score (nSPS) is 21.6. The third-order valence-electron chi connectivity index (χ3n) is 4.16. The van der Waals surface area contributed by atoms with Crippen LogP contribution in [0.4, 0.5) is 0 Å². The number of aliphatic hydroxyl groups excluding tert-OH is 1. The van der Waals surface area contributed by atoms with Gasteiger partial charge in [0.1, 0.15) is 0 Å². The van der Waals surface area contributed by atoms with Crippen LogP contribution in [0.3, 0.4) is 0 Å². The lowest BCUT2D eigenvalue weighted by Crippen LogP contribution is -2.53. The van der Waals surface area contributed by atoms with E-state index in [4.69, 9.17) is 5.11 Å². The highest BCUT2D eigenvalue weighted by Crippen LogP contribution is 2.24. The molecular formula is C15H24N2O3S. The van der Waals surface area contributed by atoms with Crippen LogP contribution in [0.1, 0.15) is 17.5 Å². The van der Waals surface area contributed by atoms with Crippen molar-refractivity contribution in [1.29, 1.82) is 0 Å². The number of hydrogen-bond acceptors (Lipinski definition) is 4. The van der Waals surface area contributed by atoms with Crippen molar-refractivity contribution in [3.05, 3.63) is 29.3 Å². The van der Waals surface area contributed by atoms with Gasteiger partial charge in [-0.3, -0.25) is 0 Å². The Balaban J connectivity index is 2.29. The first-order valence-electron chi connectivity index (χ1n) is 7.24. The number of aryl methyl sites for hydroxylation is 2. The molecule has 1 aliphatic heterocycles. The molecule has 6 heteroatoms. The van der Waals surface area contributed by atoms with E-state index >= 15 is 0 Å². The van der Waals surface area contributed by atoms with Gasteiger partial charge < -0.3 is 10.0 Å². The number of nitrogens with zero attached hydrogens (tertiary/aromatic N) is 2. The molecule has 0 bridgehead atoms. The molecule has 0 unspecified atom stereocenters. The standard InChI is InChI=1S/C15H24N2O3S/c1-12-4-5-13(2)15(10-12)21(19,20)17-8-7-16(3)14(11-17)6-9-18/h4-5,10,14,18H,6-9,11H2,1-3H3/t14-/m1/s1. The average molecular weight is 312 g/mol. The van der Waals surface area contributed by atoms with E-state index in [9.17, 15) is 8.42 Å². The summed E-state index contributed by atoms with van der Waals surface area (Å²) < 4.78 is 27.3. The van der Waals surface area contributed by atoms with Crippen molar-refractivity contribution in [2.75, 3.05) is 33.3 Å². The van der Waals surface area contributed by atoms with Gasteiger partial charge in [0.15, 0.2) is 0 Å². The van der Waals surface area contributed by atoms with E-state index in [0.29, 0.717) is 31.0 Å². The summed E-state index contributed by atoms with van der Waals surface area (Å²) in [6.45, 7) is 5.42. The molecule has 5 nitrogen and oxygen atoms in total. The number of rotatable bonds is 4. The highest BCUT2D eigenvalue weighted by atomic mass is 32.2. The zero-order valence-corrected chi connectivity index (χ0v) is 13.7. The van der Waals surface area contributed by atoms with Crippen molar-refractivity contribution in [3.8, 4) is 0 Å². The van der Waals surface area contributed by atoms with Crippen LogP contribution in [0.5, 0.6) is 0 Å². The lowest BCUT2D eigenvalue weighted by atomic mass is 10.1.